The third-order valence-corrected chi connectivity index (χ3v) is 6.33. The minimum Gasteiger partial charge on any atom is -0.495 e. The summed E-state index contributed by atoms with van der Waals surface area (Å²) >= 11 is 2.77. The number of amides is 2. The number of methoxy groups -OCH3 is 1. The maximum absolute atomic E-state index is 13.4. The van der Waals surface area contributed by atoms with Crippen molar-refractivity contribution in [3.63, 3.8) is 0 Å². The molecular weight excluding hydrogens is 390 g/mol. The topological polar surface area (TPSA) is 46.6 Å². The fourth-order valence-electron chi connectivity index (χ4n) is 3.04. The van der Waals surface area contributed by atoms with Gasteiger partial charge in [-0.25, -0.2) is 4.90 Å². The monoisotopic (exact) mass is 407 g/mol. The maximum Gasteiger partial charge on any atom is 0.273 e. The van der Waals surface area contributed by atoms with Crippen molar-refractivity contribution < 1.29 is 14.3 Å². The zero-order valence-corrected chi connectivity index (χ0v) is 17.0. The lowest BCUT2D eigenvalue weighted by Gasteiger charge is -2.18. The Bertz CT molecular complexity index is 1070. The molecule has 6 heteroatoms. The molecule has 140 valence electrons. The summed E-state index contributed by atoms with van der Waals surface area (Å²) in [5, 5.41) is 1.90. The molecule has 0 unspecified atom stereocenters. The Labute approximate surface area is 171 Å². The zero-order valence-electron chi connectivity index (χ0n) is 15.3. The van der Waals surface area contributed by atoms with Gasteiger partial charge in [-0.3, -0.25) is 9.59 Å². The van der Waals surface area contributed by atoms with Crippen LogP contribution in [-0.4, -0.2) is 18.9 Å². The van der Waals surface area contributed by atoms with Gasteiger partial charge in [0.2, 0.25) is 0 Å². The van der Waals surface area contributed by atoms with Gasteiger partial charge in [-0.15, -0.1) is 11.3 Å². The second-order valence-electron chi connectivity index (χ2n) is 6.22. The summed E-state index contributed by atoms with van der Waals surface area (Å²) in [6, 6.07) is 18.8. The first-order chi connectivity index (χ1) is 13.6. The average Bonchev–Trinajstić information content (AvgIpc) is 3.30. The molecule has 1 aromatic heterocycles. The molecule has 1 aliphatic rings. The highest BCUT2D eigenvalue weighted by atomic mass is 32.2. The quantitative estimate of drug-likeness (QED) is 0.549. The maximum atomic E-state index is 13.4. The van der Waals surface area contributed by atoms with Crippen molar-refractivity contribution >= 4 is 46.2 Å². The van der Waals surface area contributed by atoms with Crippen LogP contribution in [0.2, 0.25) is 0 Å². The largest absolute Gasteiger partial charge is 0.495 e. The molecule has 0 fully saturated rings. The molecule has 3 aromatic rings. The Morgan fingerprint density at radius 3 is 2.43 bits per heavy atom. The first-order valence-corrected chi connectivity index (χ1v) is 10.3. The first-order valence-electron chi connectivity index (χ1n) is 8.64. The Morgan fingerprint density at radius 1 is 0.964 bits per heavy atom. The van der Waals surface area contributed by atoms with Gasteiger partial charge >= 0.3 is 0 Å². The van der Waals surface area contributed by atoms with E-state index in [9.17, 15) is 9.59 Å². The number of carbonyl (C=O) groups is 2. The first kappa shape index (κ1) is 18.5. The van der Waals surface area contributed by atoms with Crippen molar-refractivity contribution in [2.75, 3.05) is 12.0 Å². The second kappa shape index (κ2) is 7.66. The number of thioether (sulfide) groups is 1. The van der Waals surface area contributed by atoms with Gasteiger partial charge in [0.25, 0.3) is 11.8 Å². The summed E-state index contributed by atoms with van der Waals surface area (Å²) in [6.07, 6.45) is 0. The molecule has 0 saturated heterocycles. The normalized spacial score (nSPS) is 14.1. The zero-order chi connectivity index (χ0) is 19.7. The van der Waals surface area contributed by atoms with E-state index in [1.807, 2.05) is 60.8 Å². The predicted molar refractivity (Wildman–Crippen MR) is 114 cm³/mol. The Hall–Kier alpha value is -2.83. The summed E-state index contributed by atoms with van der Waals surface area (Å²) in [4.78, 5) is 30.1. The van der Waals surface area contributed by atoms with E-state index < -0.39 is 0 Å². The van der Waals surface area contributed by atoms with E-state index in [0.717, 1.165) is 15.3 Å². The number of ether oxygens (including phenoxy) is 1. The molecule has 0 saturated carbocycles. The van der Waals surface area contributed by atoms with Crippen LogP contribution in [0.5, 0.6) is 5.75 Å². The summed E-state index contributed by atoms with van der Waals surface area (Å²) in [5.74, 6) is -0.162. The third kappa shape index (κ3) is 3.25. The van der Waals surface area contributed by atoms with Gasteiger partial charge in [0.05, 0.1) is 23.3 Å². The van der Waals surface area contributed by atoms with Crippen LogP contribution in [0.4, 0.5) is 5.69 Å². The number of rotatable bonds is 5. The predicted octanol–water partition coefficient (Wildman–Crippen LogP) is 5.14. The van der Waals surface area contributed by atoms with Crippen LogP contribution >= 0.6 is 23.1 Å². The number of carbonyl (C=O) groups excluding carboxylic acids is 2. The van der Waals surface area contributed by atoms with Crippen molar-refractivity contribution in [3.05, 3.63) is 81.4 Å². The van der Waals surface area contributed by atoms with Crippen LogP contribution in [0.15, 0.2) is 75.8 Å². The van der Waals surface area contributed by atoms with Crippen molar-refractivity contribution in [2.24, 2.45) is 0 Å². The SMILES string of the molecule is COc1ccc(C)cc1N1C(=O)C(Sc2ccccc2)=C(c2cccs2)C1=O. The highest BCUT2D eigenvalue weighted by Crippen LogP contribution is 2.44. The Morgan fingerprint density at radius 2 is 1.75 bits per heavy atom. The number of benzene rings is 2. The molecule has 0 atom stereocenters. The van der Waals surface area contributed by atoms with Gasteiger partial charge < -0.3 is 4.74 Å². The van der Waals surface area contributed by atoms with E-state index in [2.05, 4.69) is 0 Å². The fourth-order valence-corrected chi connectivity index (χ4v) is 4.88. The number of hydrogen-bond donors (Lipinski definition) is 0. The molecule has 2 amide bonds. The molecule has 0 bridgehead atoms. The van der Waals surface area contributed by atoms with Gasteiger partial charge in [-0.2, -0.15) is 0 Å². The van der Waals surface area contributed by atoms with Crippen LogP contribution in [0.25, 0.3) is 5.57 Å². The number of aryl methyl sites for hydroxylation is 1. The molecule has 0 aliphatic carbocycles. The second-order valence-corrected chi connectivity index (χ2v) is 8.25. The lowest BCUT2D eigenvalue weighted by atomic mass is 10.2. The lowest BCUT2D eigenvalue weighted by molar-refractivity contribution is -0.119. The fraction of sp³-hybridized carbons (Fsp3) is 0.0909. The van der Waals surface area contributed by atoms with Gasteiger partial charge in [0.1, 0.15) is 5.75 Å². The van der Waals surface area contributed by atoms with Gasteiger partial charge in [0.15, 0.2) is 0 Å². The van der Waals surface area contributed by atoms with Crippen molar-refractivity contribution in [1.29, 1.82) is 0 Å². The molecule has 0 spiro atoms. The minimum atomic E-state index is -0.328. The molecule has 2 aromatic carbocycles. The van der Waals surface area contributed by atoms with Gasteiger partial charge in [0, 0.05) is 9.77 Å². The molecule has 0 radical (unpaired) electrons. The summed E-state index contributed by atoms with van der Waals surface area (Å²) in [5.41, 5.74) is 1.85. The molecule has 4 rings (SSSR count). The molecule has 2 heterocycles. The number of thiophene rings is 1. The van der Waals surface area contributed by atoms with E-state index in [1.54, 1.807) is 12.1 Å². The van der Waals surface area contributed by atoms with Crippen molar-refractivity contribution in [3.8, 4) is 5.75 Å². The van der Waals surface area contributed by atoms with E-state index in [0.29, 0.717) is 21.9 Å². The Kier molecular flexibility index (Phi) is 5.07. The molecule has 0 N–H and O–H groups in total. The van der Waals surface area contributed by atoms with E-state index in [-0.39, 0.29) is 11.8 Å². The van der Waals surface area contributed by atoms with E-state index in [1.165, 1.54) is 35.1 Å². The third-order valence-electron chi connectivity index (χ3n) is 4.35. The van der Waals surface area contributed by atoms with Crippen LogP contribution in [0.1, 0.15) is 10.4 Å². The number of nitrogens with zero attached hydrogens (tertiary/aromatic N) is 1. The lowest BCUT2D eigenvalue weighted by Crippen LogP contribution is -2.31. The summed E-state index contributed by atoms with van der Waals surface area (Å²) < 4.78 is 5.42. The summed E-state index contributed by atoms with van der Waals surface area (Å²) in [7, 11) is 1.53. The highest BCUT2D eigenvalue weighted by molar-refractivity contribution is 8.04. The van der Waals surface area contributed by atoms with Gasteiger partial charge in [-0.05, 0) is 48.2 Å². The van der Waals surface area contributed by atoms with Crippen molar-refractivity contribution in [2.45, 2.75) is 11.8 Å². The van der Waals surface area contributed by atoms with Crippen LogP contribution in [0.3, 0.4) is 0 Å². The molecule has 28 heavy (non-hydrogen) atoms. The smallest absolute Gasteiger partial charge is 0.273 e. The van der Waals surface area contributed by atoms with Crippen LogP contribution in [-0.2, 0) is 9.59 Å². The van der Waals surface area contributed by atoms with Crippen LogP contribution in [0, 0.1) is 6.92 Å². The van der Waals surface area contributed by atoms with Gasteiger partial charge in [-0.1, -0.05) is 42.1 Å². The van der Waals surface area contributed by atoms with Crippen molar-refractivity contribution in [1.82, 2.24) is 0 Å². The van der Waals surface area contributed by atoms with E-state index >= 15 is 0 Å². The Balaban J connectivity index is 1.84. The minimum absolute atomic E-state index is 0.324. The summed E-state index contributed by atoms with van der Waals surface area (Å²) in [6.45, 7) is 1.92. The number of hydrogen-bond acceptors (Lipinski definition) is 5. The molecule has 1 aliphatic heterocycles. The highest BCUT2D eigenvalue weighted by Gasteiger charge is 2.42. The average molecular weight is 408 g/mol. The molecule has 4 nitrogen and oxygen atoms in total. The number of anilines is 1. The van der Waals surface area contributed by atoms with Crippen LogP contribution < -0.4 is 9.64 Å². The number of imide groups is 1. The standard InChI is InChI=1S/C22H17NO3S2/c1-14-10-11-17(26-2)16(13-14)23-21(24)19(18-9-6-12-27-18)20(22(23)25)28-15-7-4-3-5-8-15/h3-13H,1-2H3. The van der Waals surface area contributed by atoms with E-state index in [4.69, 9.17) is 4.74 Å². The molecular formula is C22H17NO3S2.